The van der Waals surface area contributed by atoms with Crippen molar-refractivity contribution in [2.24, 2.45) is 5.73 Å². The molecule has 1 aromatic carbocycles. The Labute approximate surface area is 97.2 Å². The van der Waals surface area contributed by atoms with Crippen LogP contribution >= 0.6 is 0 Å². The van der Waals surface area contributed by atoms with Crippen LogP contribution in [0, 0.1) is 13.8 Å². The molecule has 0 saturated carbocycles. The van der Waals surface area contributed by atoms with Gasteiger partial charge in [0.25, 0.3) is 0 Å². The Morgan fingerprint density at radius 2 is 2.00 bits per heavy atom. The summed E-state index contributed by atoms with van der Waals surface area (Å²) in [6.07, 6.45) is 0.378. The third kappa shape index (κ3) is 3.07. The SMILES string of the molecule is Cc1ccc(N(C)C(=O)CC(C)N)cc1C. The fourth-order valence-corrected chi connectivity index (χ4v) is 1.49. The van der Waals surface area contributed by atoms with E-state index in [0.29, 0.717) is 6.42 Å². The van der Waals surface area contributed by atoms with Crippen LogP contribution in [-0.2, 0) is 4.79 Å². The Morgan fingerprint density at radius 1 is 1.38 bits per heavy atom. The van der Waals surface area contributed by atoms with Gasteiger partial charge in [-0.15, -0.1) is 0 Å². The van der Waals surface area contributed by atoms with Gasteiger partial charge >= 0.3 is 0 Å². The van der Waals surface area contributed by atoms with Gasteiger partial charge in [-0.05, 0) is 44.0 Å². The van der Waals surface area contributed by atoms with Crippen molar-refractivity contribution in [2.45, 2.75) is 33.2 Å². The average Bonchev–Trinajstić information content (AvgIpc) is 2.20. The molecule has 0 aliphatic heterocycles. The summed E-state index contributed by atoms with van der Waals surface area (Å²) in [5, 5.41) is 0. The topological polar surface area (TPSA) is 46.3 Å². The molecule has 0 radical (unpaired) electrons. The molecule has 0 spiro atoms. The van der Waals surface area contributed by atoms with Crippen LogP contribution in [0.4, 0.5) is 5.69 Å². The van der Waals surface area contributed by atoms with Crippen molar-refractivity contribution in [2.75, 3.05) is 11.9 Å². The molecular weight excluding hydrogens is 200 g/mol. The summed E-state index contributed by atoms with van der Waals surface area (Å²) in [5.74, 6) is 0.0539. The molecule has 1 aromatic rings. The zero-order valence-corrected chi connectivity index (χ0v) is 10.4. The lowest BCUT2D eigenvalue weighted by Crippen LogP contribution is -2.31. The highest BCUT2D eigenvalue weighted by Gasteiger charge is 2.12. The van der Waals surface area contributed by atoms with E-state index in [4.69, 9.17) is 5.73 Å². The lowest BCUT2D eigenvalue weighted by Gasteiger charge is -2.19. The van der Waals surface area contributed by atoms with E-state index in [0.717, 1.165) is 5.69 Å². The lowest BCUT2D eigenvalue weighted by atomic mass is 10.1. The van der Waals surface area contributed by atoms with Gasteiger partial charge < -0.3 is 10.6 Å². The van der Waals surface area contributed by atoms with Crippen LogP contribution in [0.3, 0.4) is 0 Å². The molecule has 1 rings (SSSR count). The number of nitrogens with zero attached hydrogens (tertiary/aromatic N) is 1. The molecule has 1 atom stereocenters. The van der Waals surface area contributed by atoms with Crippen LogP contribution in [0.1, 0.15) is 24.5 Å². The van der Waals surface area contributed by atoms with Gasteiger partial charge in [-0.1, -0.05) is 6.07 Å². The highest BCUT2D eigenvalue weighted by Crippen LogP contribution is 2.18. The quantitative estimate of drug-likeness (QED) is 0.847. The zero-order valence-electron chi connectivity index (χ0n) is 10.4. The lowest BCUT2D eigenvalue weighted by molar-refractivity contribution is -0.118. The Bertz CT molecular complexity index is 386. The molecule has 0 aliphatic carbocycles. The summed E-state index contributed by atoms with van der Waals surface area (Å²) in [6, 6.07) is 5.91. The van der Waals surface area contributed by atoms with Crippen molar-refractivity contribution in [1.29, 1.82) is 0 Å². The third-order valence-corrected chi connectivity index (χ3v) is 2.75. The maximum atomic E-state index is 11.8. The Kier molecular flexibility index (Phi) is 4.07. The first-order chi connectivity index (χ1) is 7.41. The van der Waals surface area contributed by atoms with E-state index < -0.39 is 0 Å². The summed E-state index contributed by atoms with van der Waals surface area (Å²) in [4.78, 5) is 13.5. The first-order valence-electron chi connectivity index (χ1n) is 5.51. The number of amides is 1. The van der Waals surface area contributed by atoms with Gasteiger partial charge in [0.1, 0.15) is 0 Å². The standard InChI is InChI=1S/C13H20N2O/c1-9-5-6-12(7-10(9)2)15(4)13(16)8-11(3)14/h5-7,11H,8,14H2,1-4H3. The fourth-order valence-electron chi connectivity index (χ4n) is 1.49. The van der Waals surface area contributed by atoms with Gasteiger partial charge in [-0.25, -0.2) is 0 Å². The monoisotopic (exact) mass is 220 g/mol. The molecule has 1 unspecified atom stereocenters. The van der Waals surface area contributed by atoms with Gasteiger partial charge in [0.05, 0.1) is 0 Å². The number of rotatable bonds is 3. The summed E-state index contributed by atoms with van der Waals surface area (Å²) in [6.45, 7) is 5.94. The van der Waals surface area contributed by atoms with Gasteiger partial charge in [0, 0.05) is 25.2 Å². The number of hydrogen-bond acceptors (Lipinski definition) is 2. The van der Waals surface area contributed by atoms with Gasteiger partial charge in [0.2, 0.25) is 5.91 Å². The van der Waals surface area contributed by atoms with Crippen LogP contribution in [0.5, 0.6) is 0 Å². The molecule has 1 amide bonds. The minimum atomic E-state index is -0.0958. The van der Waals surface area contributed by atoms with Gasteiger partial charge in [-0.2, -0.15) is 0 Å². The largest absolute Gasteiger partial charge is 0.327 e. The third-order valence-electron chi connectivity index (χ3n) is 2.75. The van der Waals surface area contributed by atoms with Crippen molar-refractivity contribution in [3.8, 4) is 0 Å². The maximum absolute atomic E-state index is 11.8. The van der Waals surface area contributed by atoms with E-state index in [1.807, 2.05) is 32.0 Å². The van der Waals surface area contributed by atoms with Crippen molar-refractivity contribution in [3.05, 3.63) is 29.3 Å². The molecule has 2 N–H and O–H groups in total. The van der Waals surface area contributed by atoms with Gasteiger partial charge in [0.15, 0.2) is 0 Å². The number of benzene rings is 1. The van der Waals surface area contributed by atoms with Crippen LogP contribution in [0.2, 0.25) is 0 Å². The Morgan fingerprint density at radius 3 is 2.50 bits per heavy atom. The predicted molar refractivity (Wildman–Crippen MR) is 67.6 cm³/mol. The van der Waals surface area contributed by atoms with Crippen LogP contribution in [0.25, 0.3) is 0 Å². The van der Waals surface area contributed by atoms with Gasteiger partial charge in [-0.3, -0.25) is 4.79 Å². The molecule has 0 bridgehead atoms. The molecule has 0 aliphatic rings. The molecule has 3 heteroatoms. The second-order valence-corrected chi connectivity index (χ2v) is 4.40. The molecule has 0 fully saturated rings. The predicted octanol–water partition coefficient (Wildman–Crippen LogP) is 2.00. The molecule has 0 aromatic heterocycles. The Balaban J connectivity index is 2.83. The highest BCUT2D eigenvalue weighted by atomic mass is 16.2. The number of aryl methyl sites for hydroxylation is 2. The molecule has 0 saturated heterocycles. The molecule has 88 valence electrons. The summed E-state index contributed by atoms with van der Waals surface area (Å²) in [5.41, 5.74) is 8.97. The molecule has 0 heterocycles. The summed E-state index contributed by atoms with van der Waals surface area (Å²) < 4.78 is 0. The number of carbonyl (C=O) groups is 1. The van der Waals surface area contributed by atoms with Crippen LogP contribution in [0.15, 0.2) is 18.2 Å². The number of hydrogen-bond donors (Lipinski definition) is 1. The van der Waals surface area contributed by atoms with E-state index >= 15 is 0 Å². The highest BCUT2D eigenvalue weighted by molar-refractivity contribution is 5.93. The summed E-state index contributed by atoms with van der Waals surface area (Å²) in [7, 11) is 1.79. The van der Waals surface area contributed by atoms with Crippen molar-refractivity contribution in [1.82, 2.24) is 0 Å². The van der Waals surface area contributed by atoms with E-state index in [9.17, 15) is 4.79 Å². The smallest absolute Gasteiger partial charge is 0.228 e. The zero-order chi connectivity index (χ0) is 12.3. The van der Waals surface area contributed by atoms with Crippen molar-refractivity contribution < 1.29 is 4.79 Å². The van der Waals surface area contributed by atoms with E-state index in [1.54, 1.807) is 11.9 Å². The van der Waals surface area contributed by atoms with E-state index in [2.05, 4.69) is 6.92 Å². The molecule has 3 nitrogen and oxygen atoms in total. The first-order valence-corrected chi connectivity index (χ1v) is 5.51. The minimum absolute atomic E-state index is 0.0539. The Hall–Kier alpha value is -1.35. The second-order valence-electron chi connectivity index (χ2n) is 4.40. The van der Waals surface area contributed by atoms with Crippen molar-refractivity contribution in [3.63, 3.8) is 0 Å². The number of carbonyl (C=O) groups excluding carboxylic acids is 1. The second kappa shape index (κ2) is 5.12. The van der Waals surface area contributed by atoms with E-state index in [-0.39, 0.29) is 11.9 Å². The van der Waals surface area contributed by atoms with Crippen LogP contribution in [-0.4, -0.2) is 19.0 Å². The number of nitrogens with two attached hydrogens (primary N) is 1. The summed E-state index contributed by atoms with van der Waals surface area (Å²) >= 11 is 0. The molecular formula is C13H20N2O. The first kappa shape index (κ1) is 12.7. The maximum Gasteiger partial charge on any atom is 0.228 e. The fraction of sp³-hybridized carbons (Fsp3) is 0.462. The average molecular weight is 220 g/mol. The van der Waals surface area contributed by atoms with E-state index in [1.165, 1.54) is 11.1 Å². The van der Waals surface area contributed by atoms with Crippen LogP contribution < -0.4 is 10.6 Å². The minimum Gasteiger partial charge on any atom is -0.327 e. The normalized spacial score (nSPS) is 12.3. The molecule has 16 heavy (non-hydrogen) atoms. The number of anilines is 1. The van der Waals surface area contributed by atoms with Crippen molar-refractivity contribution >= 4 is 11.6 Å².